The number of carbonyl (C=O) groups excluding carboxylic acids is 1. The number of hydrogen-bond acceptors (Lipinski definition) is 5. The third kappa shape index (κ3) is 4.77. The summed E-state index contributed by atoms with van der Waals surface area (Å²) in [5.74, 6) is 0.571. The Morgan fingerprint density at radius 2 is 2.13 bits per heavy atom. The maximum atomic E-state index is 12.4. The molecule has 0 saturated carbocycles. The minimum Gasteiger partial charge on any atom is -0.444 e. The van der Waals surface area contributed by atoms with E-state index in [1.807, 2.05) is 25.7 Å². The smallest absolute Gasteiger partial charge is 0.410 e. The molecule has 1 fully saturated rings. The largest absolute Gasteiger partial charge is 0.444 e. The number of anilines is 2. The molecule has 3 aliphatic heterocycles. The molecule has 4 rings (SSSR count). The number of nitrogens with zero attached hydrogens (tertiary/aromatic N) is 2. The van der Waals surface area contributed by atoms with Crippen LogP contribution >= 0.6 is 11.8 Å². The van der Waals surface area contributed by atoms with Crippen LogP contribution in [0.4, 0.5) is 16.2 Å². The monoisotopic (exact) mass is 428 g/mol. The number of ether oxygens (including phenoxy) is 1. The third-order valence-corrected chi connectivity index (χ3v) is 6.89. The summed E-state index contributed by atoms with van der Waals surface area (Å²) in [6.07, 6.45) is 5.97. The first kappa shape index (κ1) is 21.1. The van der Waals surface area contributed by atoms with Gasteiger partial charge in [0.2, 0.25) is 0 Å². The van der Waals surface area contributed by atoms with Crippen LogP contribution in [0.1, 0.15) is 45.6 Å². The Labute approximate surface area is 183 Å². The van der Waals surface area contributed by atoms with Crippen LogP contribution in [0, 0.1) is 5.41 Å². The van der Waals surface area contributed by atoms with Crippen molar-refractivity contribution < 1.29 is 9.53 Å². The molecule has 7 heteroatoms. The maximum Gasteiger partial charge on any atom is 0.410 e. The average Bonchev–Trinajstić information content (AvgIpc) is 3.38. The minimum absolute atomic E-state index is 0.204. The summed E-state index contributed by atoms with van der Waals surface area (Å²) in [7, 11) is 0. The third-order valence-electron chi connectivity index (χ3n) is 5.78. The first-order valence-corrected chi connectivity index (χ1v) is 11.8. The van der Waals surface area contributed by atoms with Crippen molar-refractivity contribution in [3.63, 3.8) is 0 Å². The maximum absolute atomic E-state index is 12.4. The van der Waals surface area contributed by atoms with E-state index in [0.717, 1.165) is 44.5 Å². The summed E-state index contributed by atoms with van der Waals surface area (Å²) in [6, 6.07) is 6.79. The van der Waals surface area contributed by atoms with E-state index >= 15 is 0 Å². The van der Waals surface area contributed by atoms with Crippen LogP contribution in [0.2, 0.25) is 0 Å². The molecule has 0 radical (unpaired) electrons. The molecule has 2 N–H and O–H groups in total. The number of aryl methyl sites for hydroxylation is 1. The molecule has 162 valence electrons. The number of thioether (sulfide) groups is 1. The summed E-state index contributed by atoms with van der Waals surface area (Å²) in [5.41, 5.74) is 3.13. The highest BCUT2D eigenvalue weighted by Crippen LogP contribution is 2.34. The number of likely N-dealkylation sites (tertiary alicyclic amines) is 1. The quantitative estimate of drug-likeness (QED) is 0.532. The Bertz CT molecular complexity index is 840. The van der Waals surface area contributed by atoms with E-state index in [4.69, 9.17) is 10.1 Å². The summed E-state index contributed by atoms with van der Waals surface area (Å²) in [6.45, 7) is 8.21. The number of amides is 1. The van der Waals surface area contributed by atoms with E-state index < -0.39 is 5.60 Å². The van der Waals surface area contributed by atoms with E-state index in [0.29, 0.717) is 18.4 Å². The van der Waals surface area contributed by atoms with Crippen molar-refractivity contribution in [2.75, 3.05) is 29.9 Å². The Morgan fingerprint density at radius 3 is 2.87 bits per heavy atom. The molecule has 2 unspecified atom stereocenters. The summed E-state index contributed by atoms with van der Waals surface area (Å²) in [5, 5.41) is 13.9. The van der Waals surface area contributed by atoms with Crippen LogP contribution in [0.25, 0.3) is 0 Å². The van der Waals surface area contributed by atoms with E-state index in [2.05, 4.69) is 39.9 Å². The van der Waals surface area contributed by atoms with Crippen molar-refractivity contribution >= 4 is 35.1 Å². The van der Waals surface area contributed by atoms with Crippen molar-refractivity contribution in [1.82, 2.24) is 4.90 Å². The van der Waals surface area contributed by atoms with Gasteiger partial charge in [-0.25, -0.2) is 4.79 Å². The molecule has 0 bridgehead atoms. The molecule has 30 heavy (non-hydrogen) atoms. The van der Waals surface area contributed by atoms with Gasteiger partial charge >= 0.3 is 6.09 Å². The van der Waals surface area contributed by atoms with Gasteiger partial charge in [0.1, 0.15) is 11.4 Å². The Kier molecular flexibility index (Phi) is 6.00. The highest BCUT2D eigenvalue weighted by Gasteiger charge is 2.34. The Balaban J connectivity index is 1.41. The molecule has 1 saturated heterocycles. The predicted molar refractivity (Wildman–Crippen MR) is 125 cm³/mol. The van der Waals surface area contributed by atoms with Gasteiger partial charge in [0.15, 0.2) is 0 Å². The minimum atomic E-state index is -0.461. The van der Waals surface area contributed by atoms with Crippen molar-refractivity contribution in [1.29, 1.82) is 5.41 Å². The predicted octanol–water partition coefficient (Wildman–Crippen LogP) is 4.86. The van der Waals surface area contributed by atoms with Gasteiger partial charge in [0.25, 0.3) is 0 Å². The lowest BCUT2D eigenvalue weighted by atomic mass is 9.99. The molecule has 3 heterocycles. The lowest BCUT2D eigenvalue weighted by Crippen LogP contribution is -2.42. The molecule has 1 amide bonds. The molecule has 0 aliphatic carbocycles. The molecule has 2 atom stereocenters. The molecule has 1 aromatic rings. The normalized spacial score (nSPS) is 23.4. The standard InChI is InChI=1S/C23H32N4O2S/c1-23(2,3)29-22(28)26-12-10-18(15-26)27-11-4-6-16-14-17(8-9-19(16)27)25-21(24)20-7-5-13-30-20/h5,8-9,13-14,18,20H,4,6-7,10-12,15H2,1-3H3,(H2,24,25). The molecule has 0 spiro atoms. The van der Waals surface area contributed by atoms with Crippen LogP contribution in [-0.4, -0.2) is 53.4 Å². The van der Waals surface area contributed by atoms with Crippen LogP contribution in [0.3, 0.4) is 0 Å². The van der Waals surface area contributed by atoms with E-state index in [1.54, 1.807) is 11.8 Å². The number of nitrogens with one attached hydrogen (secondary N) is 2. The number of amidine groups is 1. The van der Waals surface area contributed by atoms with Crippen molar-refractivity contribution in [2.24, 2.45) is 0 Å². The van der Waals surface area contributed by atoms with Gasteiger partial charge < -0.3 is 19.9 Å². The number of rotatable bonds is 3. The van der Waals surface area contributed by atoms with Crippen LogP contribution < -0.4 is 10.2 Å². The van der Waals surface area contributed by atoms with Crippen molar-refractivity contribution in [3.8, 4) is 0 Å². The molecule has 3 aliphatic rings. The number of hydrogen-bond donors (Lipinski definition) is 2. The first-order valence-electron chi connectivity index (χ1n) is 10.8. The molecular weight excluding hydrogens is 396 g/mol. The second-order valence-corrected chi connectivity index (χ2v) is 10.4. The van der Waals surface area contributed by atoms with E-state index in [9.17, 15) is 4.79 Å². The summed E-state index contributed by atoms with van der Waals surface area (Å²) in [4.78, 5) is 16.8. The SMILES string of the molecule is CC(C)(C)OC(=O)N1CCC(N2CCCc3cc(NC(=N)C4CC=CS4)ccc32)C1. The van der Waals surface area contributed by atoms with Crippen LogP contribution in [0.5, 0.6) is 0 Å². The van der Waals surface area contributed by atoms with E-state index in [-0.39, 0.29) is 11.3 Å². The summed E-state index contributed by atoms with van der Waals surface area (Å²) >= 11 is 1.70. The average molecular weight is 429 g/mol. The Morgan fingerprint density at radius 1 is 1.30 bits per heavy atom. The van der Waals surface area contributed by atoms with Gasteiger partial charge in [0.05, 0.1) is 5.25 Å². The zero-order valence-electron chi connectivity index (χ0n) is 18.1. The van der Waals surface area contributed by atoms with E-state index in [1.165, 1.54) is 11.3 Å². The lowest BCUT2D eigenvalue weighted by molar-refractivity contribution is 0.0292. The van der Waals surface area contributed by atoms with Crippen LogP contribution in [-0.2, 0) is 11.2 Å². The second kappa shape index (κ2) is 8.53. The van der Waals surface area contributed by atoms with Gasteiger partial charge in [0, 0.05) is 37.1 Å². The van der Waals surface area contributed by atoms with Gasteiger partial charge in [-0.15, -0.1) is 11.8 Å². The fourth-order valence-electron chi connectivity index (χ4n) is 4.38. The molecule has 0 aromatic heterocycles. The van der Waals surface area contributed by atoms with Crippen molar-refractivity contribution in [2.45, 2.75) is 63.3 Å². The number of allylic oxidation sites excluding steroid dienone is 1. The highest BCUT2D eigenvalue weighted by atomic mass is 32.2. The second-order valence-electron chi connectivity index (χ2n) is 9.28. The molecule has 6 nitrogen and oxygen atoms in total. The van der Waals surface area contributed by atoms with Gasteiger partial charge in [-0.1, -0.05) is 6.08 Å². The fourth-order valence-corrected chi connectivity index (χ4v) is 5.21. The topological polar surface area (TPSA) is 68.7 Å². The lowest BCUT2D eigenvalue weighted by Gasteiger charge is -2.36. The molecule has 1 aromatic carbocycles. The molecular formula is C23H32N4O2S. The number of carbonyl (C=O) groups is 1. The highest BCUT2D eigenvalue weighted by molar-refractivity contribution is 8.03. The summed E-state index contributed by atoms with van der Waals surface area (Å²) < 4.78 is 5.56. The fraction of sp³-hybridized carbons (Fsp3) is 0.565. The number of benzene rings is 1. The van der Waals surface area contributed by atoms with Gasteiger partial charge in [-0.2, -0.15) is 0 Å². The number of fused-ring (bicyclic) bond motifs is 1. The Hall–Kier alpha value is -2.15. The first-order chi connectivity index (χ1) is 14.3. The van der Waals surface area contributed by atoms with Crippen LogP contribution in [0.15, 0.2) is 29.7 Å². The zero-order valence-corrected chi connectivity index (χ0v) is 18.9. The van der Waals surface area contributed by atoms with Gasteiger partial charge in [-0.05, 0) is 75.6 Å². The van der Waals surface area contributed by atoms with Crippen molar-refractivity contribution in [3.05, 3.63) is 35.2 Å². The zero-order chi connectivity index (χ0) is 21.3. The van der Waals surface area contributed by atoms with Gasteiger partial charge in [-0.3, -0.25) is 5.41 Å².